The first kappa shape index (κ1) is 22.4. The number of benzene rings is 1. The van der Waals surface area contributed by atoms with E-state index in [9.17, 15) is 14.0 Å². The van der Waals surface area contributed by atoms with E-state index in [2.05, 4.69) is 16.0 Å². The van der Waals surface area contributed by atoms with E-state index in [4.69, 9.17) is 0 Å². The lowest BCUT2D eigenvalue weighted by atomic mass is 9.96. The smallest absolute Gasteiger partial charge is 0.251 e. The average Bonchev–Trinajstić information content (AvgIpc) is 2.60. The summed E-state index contributed by atoms with van der Waals surface area (Å²) in [6.07, 6.45) is 3.31. The lowest BCUT2D eigenvalue weighted by Crippen LogP contribution is -2.50. The van der Waals surface area contributed by atoms with Gasteiger partial charge in [-0.05, 0) is 68.5 Å². The molecule has 0 bridgehead atoms. The van der Waals surface area contributed by atoms with Crippen molar-refractivity contribution in [2.24, 2.45) is 11.8 Å². The average molecular weight is 386 g/mol. The Balaban J connectivity index is 0.00000338. The molecule has 0 aliphatic carbocycles. The highest BCUT2D eigenvalue weighted by Crippen LogP contribution is 2.13. The summed E-state index contributed by atoms with van der Waals surface area (Å²) in [5.41, 5.74) is 0.341. The van der Waals surface area contributed by atoms with Gasteiger partial charge in [-0.15, -0.1) is 12.4 Å². The van der Waals surface area contributed by atoms with Crippen molar-refractivity contribution in [2.45, 2.75) is 39.2 Å². The zero-order valence-electron chi connectivity index (χ0n) is 15.4. The molecule has 0 saturated carbocycles. The Labute approximate surface area is 160 Å². The van der Waals surface area contributed by atoms with Crippen molar-refractivity contribution in [1.82, 2.24) is 16.0 Å². The van der Waals surface area contributed by atoms with Gasteiger partial charge in [-0.3, -0.25) is 9.59 Å². The van der Waals surface area contributed by atoms with Crippen molar-refractivity contribution in [3.05, 3.63) is 35.6 Å². The SMILES string of the molecule is CC(C)C(NC(=O)c1ccc(F)cc1)C(=O)NCCC1CCCNC1.Cl. The summed E-state index contributed by atoms with van der Waals surface area (Å²) < 4.78 is 13.0. The first-order chi connectivity index (χ1) is 12.0. The Morgan fingerprint density at radius 1 is 1.27 bits per heavy atom. The third kappa shape index (κ3) is 6.92. The highest BCUT2D eigenvalue weighted by atomic mass is 35.5. The van der Waals surface area contributed by atoms with Gasteiger partial charge in [0.05, 0.1) is 0 Å². The molecule has 0 aromatic heterocycles. The van der Waals surface area contributed by atoms with Crippen LogP contribution in [0, 0.1) is 17.7 Å². The third-order valence-electron chi connectivity index (χ3n) is 4.59. The number of hydrogen-bond acceptors (Lipinski definition) is 3. The van der Waals surface area contributed by atoms with Gasteiger partial charge in [0.1, 0.15) is 11.9 Å². The topological polar surface area (TPSA) is 70.2 Å². The molecule has 1 aromatic rings. The van der Waals surface area contributed by atoms with Gasteiger partial charge in [-0.25, -0.2) is 4.39 Å². The van der Waals surface area contributed by atoms with Gasteiger partial charge < -0.3 is 16.0 Å². The second-order valence-electron chi connectivity index (χ2n) is 6.99. The summed E-state index contributed by atoms with van der Waals surface area (Å²) in [5, 5.41) is 9.06. The minimum absolute atomic E-state index is 0. The molecule has 1 saturated heterocycles. The van der Waals surface area contributed by atoms with Crippen molar-refractivity contribution < 1.29 is 14.0 Å². The number of hydrogen-bond donors (Lipinski definition) is 3. The van der Waals surface area contributed by atoms with Gasteiger partial charge in [0, 0.05) is 12.1 Å². The van der Waals surface area contributed by atoms with E-state index in [1.165, 1.54) is 37.1 Å². The molecule has 3 N–H and O–H groups in total. The quantitative estimate of drug-likeness (QED) is 0.675. The lowest BCUT2D eigenvalue weighted by Gasteiger charge is -2.24. The molecule has 2 amide bonds. The largest absolute Gasteiger partial charge is 0.354 e. The molecular weight excluding hydrogens is 357 g/mol. The summed E-state index contributed by atoms with van der Waals surface area (Å²) >= 11 is 0. The molecule has 2 atom stereocenters. The Morgan fingerprint density at radius 3 is 2.54 bits per heavy atom. The third-order valence-corrected chi connectivity index (χ3v) is 4.59. The maximum atomic E-state index is 13.0. The van der Waals surface area contributed by atoms with Crippen molar-refractivity contribution in [3.8, 4) is 0 Å². The maximum Gasteiger partial charge on any atom is 0.251 e. The molecule has 0 spiro atoms. The van der Waals surface area contributed by atoms with Gasteiger partial charge in [0.25, 0.3) is 5.91 Å². The van der Waals surface area contributed by atoms with Crippen LogP contribution in [0.4, 0.5) is 4.39 Å². The molecule has 2 rings (SSSR count). The molecule has 1 heterocycles. The van der Waals surface area contributed by atoms with Crippen LogP contribution in [0.2, 0.25) is 0 Å². The van der Waals surface area contributed by atoms with Gasteiger partial charge in [0.2, 0.25) is 5.91 Å². The van der Waals surface area contributed by atoms with Gasteiger partial charge in [-0.2, -0.15) is 0 Å². The number of amides is 2. The predicted octanol–water partition coefficient (Wildman–Crippen LogP) is 2.51. The molecule has 7 heteroatoms. The van der Waals surface area contributed by atoms with E-state index < -0.39 is 11.9 Å². The maximum absolute atomic E-state index is 13.0. The van der Waals surface area contributed by atoms with Crippen molar-refractivity contribution in [3.63, 3.8) is 0 Å². The van der Waals surface area contributed by atoms with Crippen molar-refractivity contribution >= 4 is 24.2 Å². The number of carbonyl (C=O) groups excluding carboxylic acids is 2. The van der Waals surface area contributed by atoms with Crippen LogP contribution in [0.15, 0.2) is 24.3 Å². The summed E-state index contributed by atoms with van der Waals surface area (Å²) in [5.74, 6) is -0.382. The van der Waals surface area contributed by atoms with Gasteiger partial charge in [0.15, 0.2) is 0 Å². The summed E-state index contributed by atoms with van der Waals surface area (Å²) in [6, 6.07) is 4.68. The molecule has 146 valence electrons. The monoisotopic (exact) mass is 385 g/mol. The lowest BCUT2D eigenvalue weighted by molar-refractivity contribution is -0.124. The highest BCUT2D eigenvalue weighted by molar-refractivity contribution is 5.97. The predicted molar refractivity (Wildman–Crippen MR) is 103 cm³/mol. The van der Waals surface area contributed by atoms with Crippen LogP contribution in [-0.2, 0) is 4.79 Å². The molecule has 1 aromatic carbocycles. The molecule has 26 heavy (non-hydrogen) atoms. The number of carbonyl (C=O) groups is 2. The summed E-state index contributed by atoms with van der Waals surface area (Å²) in [7, 11) is 0. The fraction of sp³-hybridized carbons (Fsp3) is 0.579. The number of nitrogens with one attached hydrogen (secondary N) is 3. The van der Waals surface area contributed by atoms with Crippen LogP contribution in [0.3, 0.4) is 0 Å². The molecule has 1 aliphatic heterocycles. The molecule has 2 unspecified atom stereocenters. The van der Waals surface area contributed by atoms with Crippen LogP contribution >= 0.6 is 12.4 Å². The first-order valence-electron chi connectivity index (χ1n) is 9.02. The van der Waals surface area contributed by atoms with E-state index in [0.29, 0.717) is 18.0 Å². The standard InChI is InChI=1S/C19H28FN3O2.ClH/c1-13(2)17(23-18(24)15-5-7-16(20)8-6-15)19(25)22-11-9-14-4-3-10-21-12-14;/h5-8,13-14,17,21H,3-4,9-12H2,1-2H3,(H,22,25)(H,23,24);1H. The molecule has 5 nitrogen and oxygen atoms in total. The summed E-state index contributed by atoms with van der Waals surface area (Å²) in [6.45, 7) is 6.47. The van der Waals surface area contributed by atoms with Gasteiger partial charge in [-0.1, -0.05) is 13.8 Å². The minimum atomic E-state index is -0.609. The van der Waals surface area contributed by atoms with Crippen LogP contribution in [-0.4, -0.2) is 37.5 Å². The number of halogens is 2. The Kier molecular flexibility index (Phi) is 9.59. The fourth-order valence-electron chi connectivity index (χ4n) is 3.04. The van der Waals surface area contributed by atoms with Gasteiger partial charge >= 0.3 is 0 Å². The van der Waals surface area contributed by atoms with Crippen LogP contribution in [0.1, 0.15) is 43.5 Å². The Hall–Kier alpha value is -1.66. The van der Waals surface area contributed by atoms with Crippen molar-refractivity contribution in [1.29, 1.82) is 0 Å². The van der Waals surface area contributed by atoms with E-state index in [1.807, 2.05) is 13.8 Å². The summed E-state index contributed by atoms with van der Waals surface area (Å²) in [4.78, 5) is 24.7. The second-order valence-corrected chi connectivity index (χ2v) is 6.99. The zero-order chi connectivity index (χ0) is 18.2. The molecule has 1 aliphatic rings. The van der Waals surface area contributed by atoms with E-state index in [0.717, 1.165) is 19.5 Å². The Morgan fingerprint density at radius 2 is 1.96 bits per heavy atom. The van der Waals surface area contributed by atoms with Crippen LogP contribution < -0.4 is 16.0 Å². The van der Waals surface area contributed by atoms with Crippen LogP contribution in [0.5, 0.6) is 0 Å². The number of rotatable bonds is 7. The molecule has 1 fully saturated rings. The van der Waals surface area contributed by atoms with E-state index in [-0.39, 0.29) is 30.1 Å². The van der Waals surface area contributed by atoms with E-state index in [1.54, 1.807) is 0 Å². The normalized spacial score (nSPS) is 17.9. The zero-order valence-corrected chi connectivity index (χ0v) is 16.2. The fourth-order valence-corrected chi connectivity index (χ4v) is 3.04. The van der Waals surface area contributed by atoms with E-state index >= 15 is 0 Å². The highest BCUT2D eigenvalue weighted by Gasteiger charge is 2.24. The molecular formula is C19H29ClFN3O2. The Bertz CT molecular complexity index is 575. The number of piperidine rings is 1. The second kappa shape index (κ2) is 11.1. The van der Waals surface area contributed by atoms with Crippen molar-refractivity contribution in [2.75, 3.05) is 19.6 Å². The first-order valence-corrected chi connectivity index (χ1v) is 9.02. The minimum Gasteiger partial charge on any atom is -0.354 e. The van der Waals surface area contributed by atoms with Crippen LogP contribution in [0.25, 0.3) is 0 Å². The molecule has 0 radical (unpaired) electrons.